The Morgan fingerprint density at radius 2 is 2.20 bits per heavy atom. The third-order valence-corrected chi connectivity index (χ3v) is 2.86. The van der Waals surface area contributed by atoms with Crippen LogP contribution < -0.4 is 10.2 Å². The maximum Gasteiger partial charge on any atom is 0.136 e. The fourth-order valence-corrected chi connectivity index (χ4v) is 1.91. The first-order valence-corrected chi connectivity index (χ1v) is 5.50. The molecule has 0 saturated heterocycles. The number of rotatable bonds is 2. The van der Waals surface area contributed by atoms with Crippen LogP contribution >= 0.6 is 0 Å². The van der Waals surface area contributed by atoms with E-state index in [-0.39, 0.29) is 0 Å². The zero-order valence-electron chi connectivity index (χ0n) is 9.67. The molecule has 0 spiro atoms. The van der Waals surface area contributed by atoms with E-state index in [1.165, 1.54) is 11.3 Å². The molecular weight excluding hydrogens is 188 g/mol. The van der Waals surface area contributed by atoms with Crippen molar-refractivity contribution in [3.05, 3.63) is 17.1 Å². The summed E-state index contributed by atoms with van der Waals surface area (Å²) in [4.78, 5) is 11.2. The first-order chi connectivity index (χ1) is 7.22. The third-order valence-electron chi connectivity index (χ3n) is 2.86. The number of anilines is 1. The van der Waals surface area contributed by atoms with Gasteiger partial charge in [-0.05, 0) is 13.8 Å². The molecular formula is C11H18N4. The highest BCUT2D eigenvalue weighted by Gasteiger charge is 2.17. The Hall–Kier alpha value is -1.16. The Labute approximate surface area is 90.7 Å². The molecule has 0 radical (unpaired) electrons. The van der Waals surface area contributed by atoms with Gasteiger partial charge in [0.2, 0.25) is 0 Å². The van der Waals surface area contributed by atoms with Gasteiger partial charge in [0, 0.05) is 38.7 Å². The van der Waals surface area contributed by atoms with Crippen molar-refractivity contribution < 1.29 is 0 Å². The predicted octanol–water partition coefficient (Wildman–Crippen LogP) is 0.887. The highest BCUT2D eigenvalue weighted by atomic mass is 15.2. The molecule has 1 aliphatic heterocycles. The molecule has 4 nitrogen and oxygen atoms in total. The zero-order valence-corrected chi connectivity index (χ0v) is 9.67. The van der Waals surface area contributed by atoms with E-state index in [9.17, 15) is 0 Å². The van der Waals surface area contributed by atoms with Gasteiger partial charge >= 0.3 is 0 Å². The molecule has 0 saturated carbocycles. The summed E-state index contributed by atoms with van der Waals surface area (Å²) in [5, 5.41) is 3.37. The minimum absolute atomic E-state index is 0.881. The van der Waals surface area contributed by atoms with Gasteiger partial charge in [-0.1, -0.05) is 0 Å². The smallest absolute Gasteiger partial charge is 0.136 e. The van der Waals surface area contributed by atoms with Gasteiger partial charge < -0.3 is 10.2 Å². The summed E-state index contributed by atoms with van der Waals surface area (Å²) < 4.78 is 0. The van der Waals surface area contributed by atoms with Crippen molar-refractivity contribution in [1.82, 2.24) is 15.3 Å². The van der Waals surface area contributed by atoms with Crippen molar-refractivity contribution >= 4 is 5.82 Å². The van der Waals surface area contributed by atoms with Gasteiger partial charge in [0.05, 0.1) is 5.69 Å². The largest absolute Gasteiger partial charge is 0.360 e. The molecule has 0 aliphatic carbocycles. The van der Waals surface area contributed by atoms with E-state index in [2.05, 4.69) is 34.2 Å². The first kappa shape index (κ1) is 10.4. The van der Waals surface area contributed by atoms with Crippen LogP contribution in [0.1, 0.15) is 24.0 Å². The Morgan fingerprint density at radius 3 is 2.93 bits per heavy atom. The van der Waals surface area contributed by atoms with E-state index < -0.39 is 0 Å². The lowest BCUT2D eigenvalue weighted by Crippen LogP contribution is -2.29. The molecule has 4 heteroatoms. The average Bonchev–Trinajstić information content (AvgIpc) is 2.26. The van der Waals surface area contributed by atoms with Gasteiger partial charge in [0.25, 0.3) is 0 Å². The molecule has 2 rings (SSSR count). The normalized spacial score (nSPS) is 14.9. The van der Waals surface area contributed by atoms with Crippen LogP contribution in [0.15, 0.2) is 0 Å². The number of fused-ring (bicyclic) bond motifs is 1. The van der Waals surface area contributed by atoms with Gasteiger partial charge in [0.15, 0.2) is 0 Å². The van der Waals surface area contributed by atoms with Gasteiger partial charge in [0.1, 0.15) is 11.6 Å². The standard InChI is InChI=1S/C11H18N4/c1-4-15(3)11-9-7-12-6-5-10(9)13-8(2)14-11/h12H,4-7H2,1-3H3. The molecule has 82 valence electrons. The maximum atomic E-state index is 4.53. The molecule has 0 bridgehead atoms. The van der Waals surface area contributed by atoms with Gasteiger partial charge in [-0.3, -0.25) is 0 Å². The molecule has 0 aromatic carbocycles. The Morgan fingerprint density at radius 1 is 1.40 bits per heavy atom. The van der Waals surface area contributed by atoms with E-state index in [0.29, 0.717) is 0 Å². The average molecular weight is 206 g/mol. The van der Waals surface area contributed by atoms with Crippen LogP contribution in [0.5, 0.6) is 0 Å². The number of aryl methyl sites for hydroxylation is 1. The second-order valence-corrected chi connectivity index (χ2v) is 3.96. The molecule has 1 aliphatic rings. The first-order valence-electron chi connectivity index (χ1n) is 5.50. The third kappa shape index (κ3) is 1.95. The number of nitrogens with one attached hydrogen (secondary N) is 1. The van der Waals surface area contributed by atoms with Crippen LogP contribution in [0.3, 0.4) is 0 Å². The van der Waals surface area contributed by atoms with Crippen molar-refractivity contribution in [3.8, 4) is 0 Å². The number of aromatic nitrogens is 2. The molecule has 0 unspecified atom stereocenters. The van der Waals surface area contributed by atoms with Crippen molar-refractivity contribution in [1.29, 1.82) is 0 Å². The Kier molecular flexibility index (Phi) is 2.86. The van der Waals surface area contributed by atoms with E-state index >= 15 is 0 Å². The monoisotopic (exact) mass is 206 g/mol. The highest BCUT2D eigenvalue weighted by molar-refractivity contribution is 5.49. The molecule has 1 aromatic rings. The predicted molar refractivity (Wildman–Crippen MR) is 61.1 cm³/mol. The second-order valence-electron chi connectivity index (χ2n) is 3.96. The molecule has 0 atom stereocenters. The summed E-state index contributed by atoms with van der Waals surface area (Å²) in [5.74, 6) is 1.97. The lowest BCUT2D eigenvalue weighted by Gasteiger charge is -2.24. The van der Waals surface area contributed by atoms with E-state index in [0.717, 1.165) is 37.7 Å². The van der Waals surface area contributed by atoms with Crippen LogP contribution in [0.25, 0.3) is 0 Å². The van der Waals surface area contributed by atoms with E-state index in [1.807, 2.05) is 6.92 Å². The molecule has 0 amide bonds. The van der Waals surface area contributed by atoms with Gasteiger partial charge in [-0.2, -0.15) is 0 Å². The van der Waals surface area contributed by atoms with Crippen LogP contribution in [-0.4, -0.2) is 30.1 Å². The van der Waals surface area contributed by atoms with Crippen LogP contribution in [-0.2, 0) is 13.0 Å². The highest BCUT2D eigenvalue weighted by Crippen LogP contribution is 2.22. The van der Waals surface area contributed by atoms with Crippen molar-refractivity contribution in [2.75, 3.05) is 25.0 Å². The summed E-state index contributed by atoms with van der Waals surface area (Å²) in [5.41, 5.74) is 2.49. The minimum atomic E-state index is 0.881. The number of hydrogen-bond donors (Lipinski definition) is 1. The number of nitrogens with zero attached hydrogens (tertiary/aromatic N) is 3. The van der Waals surface area contributed by atoms with Crippen LogP contribution in [0, 0.1) is 6.92 Å². The summed E-state index contributed by atoms with van der Waals surface area (Å²) in [6.07, 6.45) is 1.02. The summed E-state index contributed by atoms with van der Waals surface area (Å²) >= 11 is 0. The zero-order chi connectivity index (χ0) is 10.8. The molecule has 1 aromatic heterocycles. The molecule has 1 N–H and O–H groups in total. The Bertz CT molecular complexity index is 362. The summed E-state index contributed by atoms with van der Waals surface area (Å²) in [7, 11) is 2.08. The second kappa shape index (κ2) is 4.14. The van der Waals surface area contributed by atoms with Crippen molar-refractivity contribution in [2.45, 2.75) is 26.8 Å². The summed E-state index contributed by atoms with van der Waals surface area (Å²) in [6.45, 7) is 7.01. The van der Waals surface area contributed by atoms with E-state index in [1.54, 1.807) is 0 Å². The fraction of sp³-hybridized carbons (Fsp3) is 0.636. The maximum absolute atomic E-state index is 4.53. The lowest BCUT2D eigenvalue weighted by atomic mass is 10.1. The number of hydrogen-bond acceptors (Lipinski definition) is 4. The topological polar surface area (TPSA) is 41.1 Å². The van der Waals surface area contributed by atoms with E-state index in [4.69, 9.17) is 0 Å². The van der Waals surface area contributed by atoms with Crippen LogP contribution in [0.4, 0.5) is 5.82 Å². The van der Waals surface area contributed by atoms with Crippen molar-refractivity contribution in [3.63, 3.8) is 0 Å². The Balaban J connectivity index is 2.47. The molecule has 2 heterocycles. The minimum Gasteiger partial charge on any atom is -0.360 e. The van der Waals surface area contributed by atoms with Gasteiger partial charge in [-0.15, -0.1) is 0 Å². The van der Waals surface area contributed by atoms with Crippen molar-refractivity contribution in [2.24, 2.45) is 0 Å². The lowest BCUT2D eigenvalue weighted by molar-refractivity contribution is 0.620. The van der Waals surface area contributed by atoms with Gasteiger partial charge in [-0.25, -0.2) is 9.97 Å². The summed E-state index contributed by atoms with van der Waals surface area (Å²) in [6, 6.07) is 0. The molecule has 0 fully saturated rings. The quantitative estimate of drug-likeness (QED) is 0.780. The van der Waals surface area contributed by atoms with Crippen LogP contribution in [0.2, 0.25) is 0 Å². The fourth-order valence-electron chi connectivity index (χ4n) is 1.91. The molecule has 15 heavy (non-hydrogen) atoms. The SMILES string of the molecule is CCN(C)c1nc(C)nc2c1CNCC2.